The lowest BCUT2D eigenvalue weighted by Crippen LogP contribution is -2.42. The molecule has 0 N–H and O–H groups in total. The van der Waals surface area contributed by atoms with Crippen LogP contribution in [0.1, 0.15) is 38.6 Å². The summed E-state index contributed by atoms with van der Waals surface area (Å²) in [6.07, 6.45) is 0.934. The van der Waals surface area contributed by atoms with Crippen LogP contribution in [-0.4, -0.2) is 19.4 Å². The molecule has 4 nitrogen and oxygen atoms in total. The maximum Gasteiger partial charge on any atom is 0.292 e. The zero-order chi connectivity index (χ0) is 14.0. The number of aromatic nitrogens is 1. The summed E-state index contributed by atoms with van der Waals surface area (Å²) < 4.78 is 10.6. The van der Waals surface area contributed by atoms with Gasteiger partial charge in [0.25, 0.3) is 14.3 Å². The first-order chi connectivity index (χ1) is 8.12. The van der Waals surface area contributed by atoms with E-state index in [0.717, 1.165) is 11.5 Å². The van der Waals surface area contributed by atoms with Crippen molar-refractivity contribution in [2.45, 2.75) is 58.7 Å². The Morgan fingerprint density at radius 2 is 2.06 bits per heavy atom. The number of hydrogen-bond donors (Lipinski definition) is 0. The van der Waals surface area contributed by atoms with Crippen LogP contribution in [0.5, 0.6) is 0 Å². The molecular formula is C13H23NO3Si. The van der Waals surface area contributed by atoms with Gasteiger partial charge in [0.05, 0.1) is 5.69 Å². The van der Waals surface area contributed by atoms with E-state index in [0.29, 0.717) is 12.8 Å². The molecule has 0 aliphatic heterocycles. The Bertz CT molecular complexity index is 418. The fourth-order valence-corrected chi connectivity index (χ4v) is 2.23. The molecule has 0 unspecified atom stereocenters. The lowest BCUT2D eigenvalue weighted by Gasteiger charge is -2.35. The maximum atomic E-state index is 11.8. The topological polar surface area (TPSA) is 52.3 Å². The Kier molecular flexibility index (Phi) is 4.37. The van der Waals surface area contributed by atoms with E-state index >= 15 is 0 Å². The number of carbonyl (C=O) groups excluding carboxylic acids is 1. The first kappa shape index (κ1) is 15.0. The minimum absolute atomic E-state index is 0.0487. The molecule has 0 amide bonds. The van der Waals surface area contributed by atoms with Crippen molar-refractivity contribution in [3.63, 3.8) is 0 Å². The molecule has 0 atom stereocenters. The molecule has 0 saturated carbocycles. The summed E-state index contributed by atoms with van der Waals surface area (Å²) in [5, 5.41) is 3.91. The molecule has 0 radical (unpaired) electrons. The van der Waals surface area contributed by atoms with Crippen molar-refractivity contribution in [1.29, 1.82) is 0 Å². The first-order valence-electron chi connectivity index (χ1n) is 6.26. The van der Waals surface area contributed by atoms with Gasteiger partial charge in [-0.15, -0.1) is 0 Å². The summed E-state index contributed by atoms with van der Waals surface area (Å²) in [7, 11) is -1.99. The highest BCUT2D eigenvalue weighted by molar-refractivity contribution is 6.75. The van der Waals surface area contributed by atoms with Crippen molar-refractivity contribution in [3.05, 3.63) is 17.5 Å². The van der Waals surface area contributed by atoms with Crippen molar-refractivity contribution in [3.8, 4) is 0 Å². The van der Waals surface area contributed by atoms with Crippen molar-refractivity contribution in [2.75, 3.05) is 0 Å². The largest absolute Gasteiger partial charge is 0.519 e. The summed E-state index contributed by atoms with van der Waals surface area (Å²) >= 11 is 0. The van der Waals surface area contributed by atoms with E-state index in [9.17, 15) is 4.79 Å². The standard InChI is InChI=1S/C13H23NO3Si/c1-10-9-11(14-16-10)7-8-12(15)17-18(5,6)13(2,3)4/h9H,7-8H2,1-6H3. The zero-order valence-corrected chi connectivity index (χ0v) is 13.2. The van der Waals surface area contributed by atoms with E-state index in [-0.39, 0.29) is 11.0 Å². The molecule has 1 aromatic rings. The number of rotatable bonds is 4. The average molecular weight is 269 g/mol. The predicted molar refractivity (Wildman–Crippen MR) is 72.9 cm³/mol. The molecule has 1 aromatic heterocycles. The smallest absolute Gasteiger partial charge is 0.292 e. The highest BCUT2D eigenvalue weighted by atomic mass is 28.4. The SMILES string of the molecule is Cc1cc(CCC(=O)O[Si](C)(C)C(C)(C)C)no1. The summed E-state index contributed by atoms with van der Waals surface area (Å²) in [6.45, 7) is 12.3. The van der Waals surface area contributed by atoms with Crippen LogP contribution in [0.15, 0.2) is 10.6 Å². The van der Waals surface area contributed by atoms with Gasteiger partial charge in [0.2, 0.25) is 0 Å². The van der Waals surface area contributed by atoms with Crippen molar-refractivity contribution in [1.82, 2.24) is 5.16 Å². The summed E-state index contributed by atoms with van der Waals surface area (Å²) in [5.74, 6) is 0.630. The Morgan fingerprint density at radius 1 is 1.44 bits per heavy atom. The third kappa shape index (κ3) is 3.98. The van der Waals surface area contributed by atoms with Crippen LogP contribution in [0, 0.1) is 6.92 Å². The van der Waals surface area contributed by atoms with Gasteiger partial charge in [0, 0.05) is 18.9 Å². The van der Waals surface area contributed by atoms with E-state index in [1.54, 1.807) is 0 Å². The number of aryl methyl sites for hydroxylation is 2. The Morgan fingerprint density at radius 3 is 2.50 bits per heavy atom. The molecule has 0 spiro atoms. The zero-order valence-electron chi connectivity index (χ0n) is 12.2. The van der Waals surface area contributed by atoms with Crippen molar-refractivity contribution < 1.29 is 13.7 Å². The van der Waals surface area contributed by atoms with Crippen LogP contribution in [-0.2, 0) is 15.6 Å². The molecule has 0 saturated heterocycles. The summed E-state index contributed by atoms with van der Waals surface area (Å²) in [5.41, 5.74) is 0.805. The number of carbonyl (C=O) groups is 1. The van der Waals surface area contributed by atoms with Crippen LogP contribution in [0.3, 0.4) is 0 Å². The van der Waals surface area contributed by atoms with Gasteiger partial charge in [0.1, 0.15) is 5.76 Å². The first-order valence-corrected chi connectivity index (χ1v) is 9.17. The third-order valence-corrected chi connectivity index (χ3v) is 7.79. The fraction of sp³-hybridized carbons (Fsp3) is 0.692. The van der Waals surface area contributed by atoms with Gasteiger partial charge in [-0.25, -0.2) is 0 Å². The van der Waals surface area contributed by atoms with Gasteiger partial charge < -0.3 is 8.95 Å². The van der Waals surface area contributed by atoms with Gasteiger partial charge >= 0.3 is 0 Å². The molecule has 5 heteroatoms. The maximum absolute atomic E-state index is 11.8. The molecule has 0 aliphatic carbocycles. The van der Waals surface area contributed by atoms with E-state index in [4.69, 9.17) is 8.95 Å². The second-order valence-corrected chi connectivity index (χ2v) is 10.9. The molecule has 0 bridgehead atoms. The van der Waals surface area contributed by atoms with E-state index in [1.165, 1.54) is 0 Å². The quantitative estimate of drug-likeness (QED) is 0.785. The third-order valence-electron chi connectivity index (χ3n) is 3.44. The van der Waals surface area contributed by atoms with Crippen molar-refractivity contribution in [2.24, 2.45) is 0 Å². The highest BCUT2D eigenvalue weighted by Crippen LogP contribution is 2.36. The van der Waals surface area contributed by atoms with Crippen molar-refractivity contribution >= 4 is 14.3 Å². The fourth-order valence-electron chi connectivity index (χ4n) is 1.25. The van der Waals surface area contributed by atoms with E-state index in [2.05, 4.69) is 39.0 Å². The lowest BCUT2D eigenvalue weighted by atomic mass is 10.2. The molecule has 0 aliphatic rings. The van der Waals surface area contributed by atoms with Gasteiger partial charge in [-0.2, -0.15) is 0 Å². The molecule has 0 aromatic carbocycles. The highest BCUT2D eigenvalue weighted by Gasteiger charge is 2.40. The van der Waals surface area contributed by atoms with Crippen LogP contribution in [0.25, 0.3) is 0 Å². The average Bonchev–Trinajstić information content (AvgIpc) is 2.59. The van der Waals surface area contributed by atoms with Gasteiger partial charge in [-0.3, -0.25) is 4.79 Å². The van der Waals surface area contributed by atoms with Crippen LogP contribution in [0.4, 0.5) is 0 Å². The molecule has 0 fully saturated rings. The minimum Gasteiger partial charge on any atom is -0.519 e. The lowest BCUT2D eigenvalue weighted by molar-refractivity contribution is -0.135. The number of nitrogens with zero attached hydrogens (tertiary/aromatic N) is 1. The van der Waals surface area contributed by atoms with E-state index in [1.807, 2.05) is 13.0 Å². The molecule has 18 heavy (non-hydrogen) atoms. The molecular weight excluding hydrogens is 246 g/mol. The van der Waals surface area contributed by atoms with Crippen LogP contribution < -0.4 is 0 Å². The van der Waals surface area contributed by atoms with Gasteiger partial charge in [-0.1, -0.05) is 25.9 Å². The van der Waals surface area contributed by atoms with Crippen LogP contribution >= 0.6 is 0 Å². The molecule has 1 rings (SSSR count). The van der Waals surface area contributed by atoms with Crippen LogP contribution in [0.2, 0.25) is 18.1 Å². The minimum atomic E-state index is -1.99. The Hall–Kier alpha value is -1.10. The number of hydrogen-bond acceptors (Lipinski definition) is 4. The normalized spacial score (nSPS) is 12.6. The summed E-state index contributed by atoms with van der Waals surface area (Å²) in [6, 6.07) is 1.85. The molecule has 1 heterocycles. The second-order valence-electron chi connectivity index (χ2n) is 6.16. The molecule has 102 valence electrons. The second kappa shape index (κ2) is 5.26. The monoisotopic (exact) mass is 269 g/mol. The van der Waals surface area contributed by atoms with Gasteiger partial charge in [-0.05, 0) is 25.1 Å². The Balaban J connectivity index is 2.48. The van der Waals surface area contributed by atoms with E-state index < -0.39 is 8.32 Å². The summed E-state index contributed by atoms with van der Waals surface area (Å²) in [4.78, 5) is 11.8. The Labute approximate surface area is 110 Å². The van der Waals surface area contributed by atoms with Gasteiger partial charge in [0.15, 0.2) is 0 Å². The predicted octanol–water partition coefficient (Wildman–Crippen LogP) is 3.46.